The van der Waals surface area contributed by atoms with Gasteiger partial charge in [-0.1, -0.05) is 0 Å². The number of nitrogens with one attached hydrogen (secondary N) is 1. The first kappa shape index (κ1) is 12.9. The number of carbonyl (C=O) groups is 2. The number of carboxylic acid groups (broad SMARTS) is 1. The lowest BCUT2D eigenvalue weighted by Crippen LogP contribution is -2.39. The molecule has 1 atom stereocenters. The second kappa shape index (κ2) is 6.33. The van der Waals surface area contributed by atoms with Gasteiger partial charge in [-0.25, -0.2) is 0 Å². The van der Waals surface area contributed by atoms with Crippen LogP contribution in [-0.4, -0.2) is 62.3 Å². The summed E-state index contributed by atoms with van der Waals surface area (Å²) in [7, 11) is 4.74. The molecule has 0 rings (SSSR count). The van der Waals surface area contributed by atoms with Crippen LogP contribution in [0.15, 0.2) is 0 Å². The van der Waals surface area contributed by atoms with Gasteiger partial charge in [-0.3, -0.25) is 9.59 Å². The molecule has 0 unspecified atom stereocenters. The molecule has 2 N–H and O–H groups in total. The Hall–Kier alpha value is -1.14. The highest BCUT2D eigenvalue weighted by Crippen LogP contribution is 1.87. The fourth-order valence-electron chi connectivity index (χ4n) is 0.671. The van der Waals surface area contributed by atoms with Crippen LogP contribution in [0.5, 0.6) is 0 Å². The van der Waals surface area contributed by atoms with Gasteiger partial charge in [0.25, 0.3) is 0 Å². The van der Waals surface area contributed by atoms with E-state index in [4.69, 9.17) is 9.84 Å². The molecule has 14 heavy (non-hydrogen) atoms. The topological polar surface area (TPSA) is 78.9 Å². The molecule has 6 heteroatoms. The van der Waals surface area contributed by atoms with Crippen LogP contribution in [0.1, 0.15) is 0 Å². The minimum absolute atomic E-state index is 0.0224. The van der Waals surface area contributed by atoms with E-state index >= 15 is 0 Å². The Balaban J connectivity index is 3.72. The SMILES string of the molecule is CN[C@@H](COCC(=O)N(C)C)C(=O)O. The predicted octanol–water partition coefficient (Wildman–Crippen LogP) is -1.24. The fraction of sp³-hybridized carbons (Fsp3) is 0.750. The van der Waals surface area contributed by atoms with E-state index in [2.05, 4.69) is 5.32 Å². The van der Waals surface area contributed by atoms with Crippen LogP contribution in [0.2, 0.25) is 0 Å². The lowest BCUT2D eigenvalue weighted by molar-refractivity contribution is -0.143. The number of likely N-dealkylation sites (N-methyl/N-ethyl adjacent to an activating group) is 2. The number of nitrogens with zero attached hydrogens (tertiary/aromatic N) is 1. The van der Waals surface area contributed by atoms with Crippen molar-refractivity contribution in [3.05, 3.63) is 0 Å². The highest BCUT2D eigenvalue weighted by atomic mass is 16.5. The predicted molar refractivity (Wildman–Crippen MR) is 50.0 cm³/mol. The molecule has 82 valence electrons. The Morgan fingerprint density at radius 2 is 2.07 bits per heavy atom. The smallest absolute Gasteiger partial charge is 0.323 e. The number of hydrogen-bond acceptors (Lipinski definition) is 4. The number of rotatable bonds is 6. The Labute approximate surface area is 82.8 Å². The molecule has 0 saturated heterocycles. The lowest BCUT2D eigenvalue weighted by Gasteiger charge is -2.13. The van der Waals surface area contributed by atoms with Crippen molar-refractivity contribution in [1.82, 2.24) is 10.2 Å². The summed E-state index contributed by atoms with van der Waals surface area (Å²) in [6.07, 6.45) is 0. The van der Waals surface area contributed by atoms with E-state index in [9.17, 15) is 9.59 Å². The fourth-order valence-corrected chi connectivity index (χ4v) is 0.671. The number of amides is 1. The van der Waals surface area contributed by atoms with E-state index in [1.807, 2.05) is 0 Å². The zero-order chi connectivity index (χ0) is 11.1. The summed E-state index contributed by atoms with van der Waals surface area (Å²) in [5.74, 6) is -1.19. The highest BCUT2D eigenvalue weighted by molar-refractivity contribution is 5.77. The van der Waals surface area contributed by atoms with Gasteiger partial charge < -0.3 is 20.1 Å². The van der Waals surface area contributed by atoms with Crippen molar-refractivity contribution in [2.24, 2.45) is 0 Å². The third-order valence-corrected chi connectivity index (χ3v) is 1.66. The molecule has 0 aliphatic carbocycles. The Morgan fingerprint density at radius 3 is 2.43 bits per heavy atom. The Morgan fingerprint density at radius 1 is 1.50 bits per heavy atom. The summed E-state index contributed by atoms with van der Waals surface area (Å²) >= 11 is 0. The highest BCUT2D eigenvalue weighted by Gasteiger charge is 2.15. The molecule has 0 aliphatic heterocycles. The maximum atomic E-state index is 11.0. The summed E-state index contributed by atoms with van der Waals surface area (Å²) in [4.78, 5) is 22.9. The molecule has 0 aromatic carbocycles. The van der Waals surface area contributed by atoms with Gasteiger partial charge in [-0.2, -0.15) is 0 Å². The Kier molecular flexibility index (Phi) is 5.82. The van der Waals surface area contributed by atoms with E-state index in [1.54, 1.807) is 14.1 Å². The van der Waals surface area contributed by atoms with Crippen LogP contribution in [-0.2, 0) is 14.3 Å². The largest absolute Gasteiger partial charge is 0.480 e. The number of carboxylic acids is 1. The molecule has 0 fully saturated rings. The number of aliphatic carboxylic acids is 1. The van der Waals surface area contributed by atoms with Gasteiger partial charge >= 0.3 is 5.97 Å². The molecular formula is C8H16N2O4. The van der Waals surface area contributed by atoms with Crippen molar-refractivity contribution in [3.63, 3.8) is 0 Å². The quantitative estimate of drug-likeness (QED) is 0.566. The molecule has 0 aromatic heterocycles. The minimum Gasteiger partial charge on any atom is -0.480 e. The molecular weight excluding hydrogens is 188 g/mol. The average Bonchev–Trinajstić information content (AvgIpc) is 2.11. The molecule has 0 aromatic rings. The van der Waals surface area contributed by atoms with Crippen LogP contribution in [0.25, 0.3) is 0 Å². The first-order chi connectivity index (χ1) is 6.49. The van der Waals surface area contributed by atoms with Crippen LogP contribution < -0.4 is 5.32 Å². The van der Waals surface area contributed by atoms with Gasteiger partial charge in [0.15, 0.2) is 0 Å². The van der Waals surface area contributed by atoms with Gasteiger partial charge in [-0.15, -0.1) is 0 Å². The number of carbonyl (C=O) groups excluding carboxylic acids is 1. The summed E-state index contributed by atoms with van der Waals surface area (Å²) in [5, 5.41) is 11.2. The van der Waals surface area contributed by atoms with Gasteiger partial charge in [-0.05, 0) is 7.05 Å². The second-order valence-electron chi connectivity index (χ2n) is 2.98. The van der Waals surface area contributed by atoms with Crippen molar-refractivity contribution in [2.75, 3.05) is 34.4 Å². The standard InChI is InChI=1S/C8H16N2O4/c1-9-6(8(12)13)4-14-5-7(11)10(2)3/h6,9H,4-5H2,1-3H3,(H,12,13)/t6-/m0/s1. The van der Waals surface area contributed by atoms with Gasteiger partial charge in [0.05, 0.1) is 6.61 Å². The zero-order valence-electron chi connectivity index (χ0n) is 8.61. The average molecular weight is 204 g/mol. The maximum absolute atomic E-state index is 11.0. The molecule has 0 radical (unpaired) electrons. The first-order valence-electron chi connectivity index (χ1n) is 4.17. The minimum atomic E-state index is -0.996. The Bertz CT molecular complexity index is 206. The molecule has 0 spiro atoms. The van der Waals surface area contributed by atoms with Crippen LogP contribution in [0.4, 0.5) is 0 Å². The molecule has 0 heterocycles. The van der Waals surface area contributed by atoms with E-state index in [0.717, 1.165) is 0 Å². The van der Waals surface area contributed by atoms with Gasteiger partial charge in [0.2, 0.25) is 5.91 Å². The van der Waals surface area contributed by atoms with E-state index in [0.29, 0.717) is 0 Å². The van der Waals surface area contributed by atoms with Gasteiger partial charge in [0.1, 0.15) is 12.6 Å². The van der Waals surface area contributed by atoms with E-state index in [-0.39, 0.29) is 19.1 Å². The van der Waals surface area contributed by atoms with Crippen LogP contribution >= 0.6 is 0 Å². The third kappa shape index (κ3) is 4.78. The zero-order valence-corrected chi connectivity index (χ0v) is 8.61. The molecule has 0 bridgehead atoms. The number of hydrogen-bond donors (Lipinski definition) is 2. The lowest BCUT2D eigenvalue weighted by atomic mass is 10.3. The molecule has 1 amide bonds. The molecule has 0 aliphatic rings. The van der Waals surface area contributed by atoms with Gasteiger partial charge in [0, 0.05) is 14.1 Å². The monoisotopic (exact) mass is 204 g/mol. The summed E-state index contributed by atoms with van der Waals surface area (Å²) < 4.78 is 4.94. The van der Waals surface area contributed by atoms with Crippen molar-refractivity contribution >= 4 is 11.9 Å². The van der Waals surface area contributed by atoms with Crippen LogP contribution in [0.3, 0.4) is 0 Å². The normalized spacial score (nSPS) is 12.2. The third-order valence-electron chi connectivity index (χ3n) is 1.66. The van der Waals surface area contributed by atoms with Crippen molar-refractivity contribution in [1.29, 1.82) is 0 Å². The van der Waals surface area contributed by atoms with Crippen molar-refractivity contribution < 1.29 is 19.4 Å². The van der Waals surface area contributed by atoms with Crippen LogP contribution in [0, 0.1) is 0 Å². The summed E-state index contributed by atoms with van der Waals surface area (Å²) in [6.45, 7) is -0.121. The summed E-state index contributed by atoms with van der Waals surface area (Å²) in [5.41, 5.74) is 0. The first-order valence-corrected chi connectivity index (χ1v) is 4.17. The van der Waals surface area contributed by atoms with E-state index in [1.165, 1.54) is 11.9 Å². The molecule has 6 nitrogen and oxygen atoms in total. The number of ether oxygens (including phenoxy) is 1. The van der Waals surface area contributed by atoms with Crippen molar-refractivity contribution in [3.8, 4) is 0 Å². The van der Waals surface area contributed by atoms with Crippen molar-refractivity contribution in [2.45, 2.75) is 6.04 Å². The second-order valence-corrected chi connectivity index (χ2v) is 2.98. The maximum Gasteiger partial charge on any atom is 0.323 e. The van der Waals surface area contributed by atoms with E-state index < -0.39 is 12.0 Å². The molecule has 0 saturated carbocycles. The summed E-state index contributed by atoms with van der Waals surface area (Å²) in [6, 6.07) is -0.773.